The SMILES string of the molecule is Cn1nnnc1C(C=CC1CC(O)CC(=O)O1)=C(c1ccccc1F)c1ccccc1F. The van der Waals surface area contributed by atoms with Crippen LogP contribution >= 0.6 is 0 Å². The van der Waals surface area contributed by atoms with Gasteiger partial charge in [0.1, 0.15) is 17.7 Å². The lowest BCUT2D eigenvalue weighted by Crippen LogP contribution is -2.31. The number of nitrogens with zero attached hydrogens (tertiary/aromatic N) is 4. The standard InChI is InChI=1S/C23H20F2N4O3/c1-29-23(26-27-28-29)18(11-10-15-12-14(30)13-21(31)32-15)22(16-6-2-4-8-19(16)24)17-7-3-5-9-20(17)25/h2-11,14-15,30H,12-13H2,1H3. The third kappa shape index (κ3) is 4.47. The molecule has 0 amide bonds. The number of aliphatic hydroxyl groups excluding tert-OH is 1. The molecule has 0 aliphatic carbocycles. The number of aliphatic hydroxyl groups is 1. The summed E-state index contributed by atoms with van der Waals surface area (Å²) in [5.74, 6) is -1.37. The quantitative estimate of drug-likeness (QED) is 0.487. The van der Waals surface area contributed by atoms with Gasteiger partial charge in [0.2, 0.25) is 0 Å². The molecule has 1 aromatic heterocycles. The van der Waals surface area contributed by atoms with Gasteiger partial charge in [-0.15, -0.1) is 5.10 Å². The van der Waals surface area contributed by atoms with Crippen LogP contribution < -0.4 is 0 Å². The Balaban J connectivity index is 1.96. The van der Waals surface area contributed by atoms with Crippen molar-refractivity contribution in [2.45, 2.75) is 25.0 Å². The van der Waals surface area contributed by atoms with Gasteiger partial charge in [0, 0.05) is 35.7 Å². The van der Waals surface area contributed by atoms with E-state index < -0.39 is 29.8 Å². The van der Waals surface area contributed by atoms with Crippen LogP contribution in [0.4, 0.5) is 8.78 Å². The number of aromatic nitrogens is 4. The molecule has 1 fully saturated rings. The summed E-state index contributed by atoms with van der Waals surface area (Å²) >= 11 is 0. The summed E-state index contributed by atoms with van der Waals surface area (Å²) in [6.07, 6.45) is 1.73. The molecule has 1 aliphatic rings. The molecular formula is C23H20F2N4O3. The first-order valence-corrected chi connectivity index (χ1v) is 9.96. The van der Waals surface area contributed by atoms with Gasteiger partial charge in [-0.2, -0.15) is 0 Å². The van der Waals surface area contributed by atoms with Crippen molar-refractivity contribution < 1.29 is 23.4 Å². The molecule has 164 valence electrons. The average Bonchev–Trinajstić information content (AvgIpc) is 3.18. The van der Waals surface area contributed by atoms with Crippen molar-refractivity contribution >= 4 is 17.1 Å². The molecule has 2 heterocycles. The molecule has 0 bridgehead atoms. The van der Waals surface area contributed by atoms with Crippen molar-refractivity contribution in [1.82, 2.24) is 20.2 Å². The van der Waals surface area contributed by atoms with Crippen LogP contribution in [0.2, 0.25) is 0 Å². The molecule has 3 aromatic rings. The van der Waals surface area contributed by atoms with Crippen LogP contribution in [-0.4, -0.2) is 43.5 Å². The number of esters is 1. The summed E-state index contributed by atoms with van der Waals surface area (Å²) < 4.78 is 36.5. The molecule has 7 nitrogen and oxygen atoms in total. The summed E-state index contributed by atoms with van der Waals surface area (Å²) in [6, 6.07) is 12.0. The number of carbonyl (C=O) groups is 1. The Hall–Kier alpha value is -3.72. The molecular weight excluding hydrogens is 418 g/mol. The Morgan fingerprint density at radius 2 is 1.75 bits per heavy atom. The number of rotatable bonds is 5. The molecule has 9 heteroatoms. The Morgan fingerprint density at radius 1 is 1.12 bits per heavy atom. The lowest BCUT2D eigenvalue weighted by Gasteiger charge is -2.23. The van der Waals surface area contributed by atoms with E-state index in [0.29, 0.717) is 5.57 Å². The smallest absolute Gasteiger partial charge is 0.309 e. The normalized spacial score (nSPS) is 18.6. The van der Waals surface area contributed by atoms with E-state index in [9.17, 15) is 18.7 Å². The van der Waals surface area contributed by atoms with E-state index in [1.165, 1.54) is 16.8 Å². The summed E-state index contributed by atoms with van der Waals surface area (Å²) in [5.41, 5.74) is 0.865. The molecule has 2 atom stereocenters. The minimum atomic E-state index is -0.826. The fourth-order valence-corrected chi connectivity index (χ4v) is 3.62. The highest BCUT2D eigenvalue weighted by Crippen LogP contribution is 2.35. The third-order valence-electron chi connectivity index (χ3n) is 5.08. The molecule has 0 saturated carbocycles. The number of hydrogen-bond acceptors (Lipinski definition) is 6. The van der Waals surface area contributed by atoms with Crippen molar-refractivity contribution in [3.05, 3.63) is 89.3 Å². The topological polar surface area (TPSA) is 90.1 Å². The number of hydrogen-bond donors (Lipinski definition) is 1. The average molecular weight is 438 g/mol. The first-order valence-electron chi connectivity index (χ1n) is 9.96. The number of allylic oxidation sites excluding steroid dienone is 2. The van der Waals surface area contributed by atoms with E-state index in [0.717, 1.165) is 0 Å². The molecule has 1 N–H and O–H groups in total. The maximum absolute atomic E-state index is 14.9. The third-order valence-corrected chi connectivity index (χ3v) is 5.08. The van der Waals surface area contributed by atoms with Gasteiger partial charge in [0.25, 0.3) is 0 Å². The second-order valence-electron chi connectivity index (χ2n) is 7.36. The van der Waals surface area contributed by atoms with Crippen LogP contribution in [0.15, 0.2) is 60.7 Å². The molecule has 4 rings (SSSR count). The monoisotopic (exact) mass is 438 g/mol. The number of cyclic esters (lactones) is 1. The zero-order valence-electron chi connectivity index (χ0n) is 17.2. The lowest BCUT2D eigenvalue weighted by atomic mass is 9.91. The molecule has 0 spiro atoms. The van der Waals surface area contributed by atoms with Crippen molar-refractivity contribution in [3.8, 4) is 0 Å². The minimum absolute atomic E-state index is 0.0735. The lowest BCUT2D eigenvalue weighted by molar-refractivity contribution is -0.156. The molecule has 0 radical (unpaired) electrons. The van der Waals surface area contributed by atoms with Gasteiger partial charge in [-0.25, -0.2) is 13.5 Å². The highest BCUT2D eigenvalue weighted by atomic mass is 19.1. The van der Waals surface area contributed by atoms with E-state index in [-0.39, 0.29) is 35.4 Å². The van der Waals surface area contributed by atoms with Gasteiger partial charge < -0.3 is 9.84 Å². The highest BCUT2D eigenvalue weighted by Gasteiger charge is 2.26. The van der Waals surface area contributed by atoms with E-state index in [2.05, 4.69) is 15.5 Å². The first-order chi connectivity index (χ1) is 15.4. The highest BCUT2D eigenvalue weighted by molar-refractivity contribution is 6.01. The van der Waals surface area contributed by atoms with Crippen molar-refractivity contribution in [2.75, 3.05) is 0 Å². The molecule has 2 aromatic carbocycles. The van der Waals surface area contributed by atoms with Crippen LogP contribution in [0.5, 0.6) is 0 Å². The van der Waals surface area contributed by atoms with Gasteiger partial charge in [0.15, 0.2) is 5.82 Å². The number of tetrazole rings is 1. The van der Waals surface area contributed by atoms with E-state index in [4.69, 9.17) is 4.74 Å². The number of benzene rings is 2. The zero-order valence-corrected chi connectivity index (χ0v) is 17.2. The van der Waals surface area contributed by atoms with Crippen molar-refractivity contribution in [3.63, 3.8) is 0 Å². The fourth-order valence-electron chi connectivity index (χ4n) is 3.62. The maximum Gasteiger partial charge on any atom is 0.309 e. The Morgan fingerprint density at radius 3 is 2.28 bits per heavy atom. The van der Waals surface area contributed by atoms with Crippen LogP contribution in [0.25, 0.3) is 11.1 Å². The number of ether oxygens (including phenoxy) is 1. The van der Waals surface area contributed by atoms with Gasteiger partial charge in [-0.05, 0) is 28.6 Å². The Kier molecular flexibility index (Phi) is 6.18. The van der Waals surface area contributed by atoms with Gasteiger partial charge in [-0.3, -0.25) is 4.79 Å². The van der Waals surface area contributed by atoms with Gasteiger partial charge >= 0.3 is 5.97 Å². The summed E-state index contributed by atoms with van der Waals surface area (Å²) in [4.78, 5) is 11.7. The van der Waals surface area contributed by atoms with Gasteiger partial charge in [-0.1, -0.05) is 42.5 Å². The predicted octanol–water partition coefficient (Wildman–Crippen LogP) is 3.07. The van der Waals surface area contributed by atoms with Crippen LogP contribution in [0.1, 0.15) is 29.8 Å². The zero-order chi connectivity index (χ0) is 22.7. The summed E-state index contributed by atoms with van der Waals surface area (Å²) in [5, 5.41) is 21.4. The molecule has 1 saturated heterocycles. The second-order valence-corrected chi connectivity index (χ2v) is 7.36. The van der Waals surface area contributed by atoms with Crippen LogP contribution in [0, 0.1) is 11.6 Å². The Bertz CT molecular complexity index is 1160. The largest absolute Gasteiger partial charge is 0.458 e. The summed E-state index contributed by atoms with van der Waals surface area (Å²) in [7, 11) is 1.61. The molecule has 2 unspecified atom stereocenters. The predicted molar refractivity (Wildman–Crippen MR) is 112 cm³/mol. The van der Waals surface area contributed by atoms with E-state index >= 15 is 0 Å². The summed E-state index contributed by atoms with van der Waals surface area (Å²) in [6.45, 7) is 0. The van der Waals surface area contributed by atoms with Crippen LogP contribution in [0.3, 0.4) is 0 Å². The molecule has 1 aliphatic heterocycles. The maximum atomic E-state index is 14.9. The van der Waals surface area contributed by atoms with Crippen molar-refractivity contribution in [2.24, 2.45) is 7.05 Å². The van der Waals surface area contributed by atoms with Gasteiger partial charge in [0.05, 0.1) is 12.5 Å². The van der Waals surface area contributed by atoms with Crippen molar-refractivity contribution in [1.29, 1.82) is 0 Å². The minimum Gasteiger partial charge on any atom is -0.458 e. The second kappa shape index (κ2) is 9.19. The first kappa shape index (κ1) is 21.5. The van der Waals surface area contributed by atoms with E-state index in [1.807, 2.05) is 0 Å². The Labute approximate surface area is 182 Å². The van der Waals surface area contributed by atoms with Crippen LogP contribution in [-0.2, 0) is 16.6 Å². The number of carbonyl (C=O) groups excluding carboxylic acids is 1. The fraction of sp³-hybridized carbons (Fsp3) is 0.217. The van der Waals surface area contributed by atoms with E-state index in [1.54, 1.807) is 55.6 Å². The number of halogens is 2. The molecule has 32 heavy (non-hydrogen) atoms. The number of aryl methyl sites for hydroxylation is 1.